The molecule has 2 heterocycles. The maximum atomic E-state index is 12.9. The molecule has 1 aliphatic carbocycles. The highest BCUT2D eigenvalue weighted by atomic mass is 16.5. The zero-order valence-corrected chi connectivity index (χ0v) is 14.4. The van der Waals surface area contributed by atoms with Gasteiger partial charge in [-0.05, 0) is 37.3 Å². The summed E-state index contributed by atoms with van der Waals surface area (Å²) in [5.74, 6) is 0.0584. The lowest BCUT2D eigenvalue weighted by atomic mass is 9.68. The SMILES string of the molecule is CCN(C(=O)c1cc(N2CCOCC2)ccn1)C1CC(C)(C)C1. The molecule has 23 heavy (non-hydrogen) atoms. The van der Waals surface area contributed by atoms with Crippen LogP contribution in [-0.4, -0.2) is 54.7 Å². The topological polar surface area (TPSA) is 45.7 Å². The van der Waals surface area contributed by atoms with Crippen LogP contribution in [0.2, 0.25) is 0 Å². The highest BCUT2D eigenvalue weighted by molar-refractivity contribution is 5.93. The summed E-state index contributed by atoms with van der Waals surface area (Å²) in [4.78, 5) is 21.4. The van der Waals surface area contributed by atoms with Gasteiger partial charge < -0.3 is 14.5 Å². The average molecular weight is 317 g/mol. The van der Waals surface area contributed by atoms with Gasteiger partial charge in [0.05, 0.1) is 13.2 Å². The van der Waals surface area contributed by atoms with E-state index in [4.69, 9.17) is 4.74 Å². The van der Waals surface area contributed by atoms with Crippen LogP contribution in [0.5, 0.6) is 0 Å². The van der Waals surface area contributed by atoms with Crippen molar-refractivity contribution in [1.29, 1.82) is 0 Å². The number of rotatable bonds is 4. The Kier molecular flexibility index (Phi) is 4.57. The maximum absolute atomic E-state index is 12.9. The number of nitrogens with zero attached hydrogens (tertiary/aromatic N) is 3. The molecule has 2 aliphatic rings. The second-order valence-corrected chi connectivity index (χ2v) is 7.32. The van der Waals surface area contributed by atoms with Crippen molar-refractivity contribution in [2.75, 3.05) is 37.7 Å². The number of morpholine rings is 1. The second kappa shape index (κ2) is 6.48. The summed E-state index contributed by atoms with van der Waals surface area (Å²) in [5, 5.41) is 0. The van der Waals surface area contributed by atoms with Crippen molar-refractivity contribution in [1.82, 2.24) is 9.88 Å². The second-order valence-electron chi connectivity index (χ2n) is 7.32. The molecule has 1 saturated carbocycles. The summed E-state index contributed by atoms with van der Waals surface area (Å²) >= 11 is 0. The molecule has 1 amide bonds. The lowest BCUT2D eigenvalue weighted by molar-refractivity contribution is 0.0237. The number of hydrogen-bond donors (Lipinski definition) is 0. The third kappa shape index (κ3) is 3.50. The number of pyridine rings is 1. The molecule has 0 spiro atoms. The molecule has 5 nitrogen and oxygen atoms in total. The fourth-order valence-corrected chi connectivity index (χ4v) is 3.71. The summed E-state index contributed by atoms with van der Waals surface area (Å²) in [6.45, 7) is 10.5. The molecule has 0 N–H and O–H groups in total. The largest absolute Gasteiger partial charge is 0.378 e. The maximum Gasteiger partial charge on any atom is 0.272 e. The van der Waals surface area contributed by atoms with Crippen LogP contribution in [0.1, 0.15) is 44.1 Å². The van der Waals surface area contributed by atoms with E-state index in [9.17, 15) is 4.79 Å². The van der Waals surface area contributed by atoms with Crippen molar-refractivity contribution < 1.29 is 9.53 Å². The molecule has 126 valence electrons. The van der Waals surface area contributed by atoms with Crippen LogP contribution in [0.15, 0.2) is 18.3 Å². The number of ether oxygens (including phenoxy) is 1. The molecular formula is C18H27N3O2. The van der Waals surface area contributed by atoms with E-state index in [-0.39, 0.29) is 5.91 Å². The van der Waals surface area contributed by atoms with Gasteiger partial charge in [-0.3, -0.25) is 9.78 Å². The number of anilines is 1. The van der Waals surface area contributed by atoms with Crippen LogP contribution >= 0.6 is 0 Å². The average Bonchev–Trinajstić information content (AvgIpc) is 2.54. The molecule has 2 fully saturated rings. The normalized spacial score (nSPS) is 20.9. The number of amides is 1. The van der Waals surface area contributed by atoms with Gasteiger partial charge in [0, 0.05) is 37.6 Å². The van der Waals surface area contributed by atoms with E-state index in [0.717, 1.165) is 51.4 Å². The first-order valence-electron chi connectivity index (χ1n) is 8.60. The van der Waals surface area contributed by atoms with E-state index in [2.05, 4.69) is 30.7 Å². The Morgan fingerprint density at radius 3 is 2.70 bits per heavy atom. The molecule has 1 saturated heterocycles. The van der Waals surface area contributed by atoms with E-state index in [1.807, 2.05) is 17.0 Å². The van der Waals surface area contributed by atoms with Gasteiger partial charge in [0.25, 0.3) is 5.91 Å². The van der Waals surface area contributed by atoms with Crippen molar-refractivity contribution >= 4 is 11.6 Å². The third-order valence-electron chi connectivity index (χ3n) is 4.96. The minimum absolute atomic E-state index is 0.0584. The van der Waals surface area contributed by atoms with Gasteiger partial charge in [-0.25, -0.2) is 0 Å². The van der Waals surface area contributed by atoms with Crippen LogP contribution in [0.25, 0.3) is 0 Å². The van der Waals surface area contributed by atoms with E-state index in [1.54, 1.807) is 6.20 Å². The number of aromatic nitrogens is 1. The highest BCUT2D eigenvalue weighted by Gasteiger charge is 2.41. The fraction of sp³-hybridized carbons (Fsp3) is 0.667. The minimum atomic E-state index is 0.0584. The summed E-state index contributed by atoms with van der Waals surface area (Å²) in [7, 11) is 0. The Bertz CT molecular complexity index is 559. The van der Waals surface area contributed by atoms with Crippen molar-refractivity contribution in [3.05, 3.63) is 24.0 Å². The van der Waals surface area contributed by atoms with Crippen LogP contribution < -0.4 is 4.90 Å². The Labute approximate surface area is 138 Å². The number of hydrogen-bond acceptors (Lipinski definition) is 4. The van der Waals surface area contributed by atoms with Crippen molar-refractivity contribution in [3.63, 3.8) is 0 Å². The van der Waals surface area contributed by atoms with Gasteiger partial charge in [-0.2, -0.15) is 0 Å². The zero-order chi connectivity index (χ0) is 16.4. The standard InChI is InChI=1S/C18H27N3O2/c1-4-21(15-12-18(2,3)13-15)17(22)16-11-14(5-6-19-16)20-7-9-23-10-8-20/h5-6,11,15H,4,7-10,12-13H2,1-3H3. The third-order valence-corrected chi connectivity index (χ3v) is 4.96. The number of carbonyl (C=O) groups is 1. The van der Waals surface area contributed by atoms with E-state index in [0.29, 0.717) is 17.2 Å². The zero-order valence-electron chi connectivity index (χ0n) is 14.4. The number of carbonyl (C=O) groups excluding carboxylic acids is 1. The summed E-state index contributed by atoms with van der Waals surface area (Å²) < 4.78 is 5.40. The smallest absolute Gasteiger partial charge is 0.272 e. The molecule has 1 aromatic heterocycles. The molecule has 1 aromatic rings. The van der Waals surface area contributed by atoms with Crippen LogP contribution in [-0.2, 0) is 4.74 Å². The van der Waals surface area contributed by atoms with Crippen LogP contribution in [0.3, 0.4) is 0 Å². The van der Waals surface area contributed by atoms with Crippen molar-refractivity contribution in [2.24, 2.45) is 5.41 Å². The summed E-state index contributed by atoms with van der Waals surface area (Å²) in [6, 6.07) is 4.27. The molecule has 0 bridgehead atoms. The van der Waals surface area contributed by atoms with Gasteiger partial charge >= 0.3 is 0 Å². The summed E-state index contributed by atoms with van der Waals surface area (Å²) in [6.07, 6.45) is 3.90. The molecule has 1 aliphatic heterocycles. The molecule has 0 unspecified atom stereocenters. The van der Waals surface area contributed by atoms with Gasteiger partial charge in [-0.1, -0.05) is 13.8 Å². The molecule has 0 radical (unpaired) electrons. The highest BCUT2D eigenvalue weighted by Crippen LogP contribution is 2.43. The first-order valence-corrected chi connectivity index (χ1v) is 8.60. The molecule has 0 aromatic carbocycles. The predicted octanol–water partition coefficient (Wildman–Crippen LogP) is 2.57. The lowest BCUT2D eigenvalue weighted by Gasteiger charge is -2.48. The van der Waals surface area contributed by atoms with Gasteiger partial charge in [0.2, 0.25) is 0 Å². The van der Waals surface area contributed by atoms with Gasteiger partial charge in [0.1, 0.15) is 5.69 Å². The Hall–Kier alpha value is -1.62. The quantitative estimate of drug-likeness (QED) is 0.856. The van der Waals surface area contributed by atoms with E-state index >= 15 is 0 Å². The Morgan fingerprint density at radius 2 is 2.09 bits per heavy atom. The predicted molar refractivity (Wildman–Crippen MR) is 90.8 cm³/mol. The minimum Gasteiger partial charge on any atom is -0.378 e. The van der Waals surface area contributed by atoms with Gasteiger partial charge in [-0.15, -0.1) is 0 Å². The Morgan fingerprint density at radius 1 is 1.39 bits per heavy atom. The van der Waals surface area contributed by atoms with E-state index < -0.39 is 0 Å². The van der Waals surface area contributed by atoms with E-state index in [1.165, 1.54) is 0 Å². The Balaban J connectivity index is 1.73. The first kappa shape index (κ1) is 16.2. The van der Waals surface area contributed by atoms with Crippen LogP contribution in [0.4, 0.5) is 5.69 Å². The van der Waals surface area contributed by atoms with Crippen molar-refractivity contribution in [3.8, 4) is 0 Å². The van der Waals surface area contributed by atoms with Crippen molar-refractivity contribution in [2.45, 2.75) is 39.7 Å². The van der Waals surface area contributed by atoms with Gasteiger partial charge in [0.15, 0.2) is 0 Å². The first-order chi connectivity index (χ1) is 11.0. The summed E-state index contributed by atoms with van der Waals surface area (Å²) in [5.41, 5.74) is 1.98. The molecule has 3 rings (SSSR count). The molecule has 0 atom stereocenters. The van der Waals surface area contributed by atoms with Crippen LogP contribution in [0, 0.1) is 5.41 Å². The molecular weight excluding hydrogens is 290 g/mol. The monoisotopic (exact) mass is 317 g/mol. The fourth-order valence-electron chi connectivity index (χ4n) is 3.71. The molecule has 5 heteroatoms. The lowest BCUT2D eigenvalue weighted by Crippen LogP contribution is -2.51.